The van der Waals surface area contributed by atoms with Crippen LogP contribution in [0, 0.1) is 18.3 Å². The number of carbonyl (C=O) groups excluding carboxylic acids is 1. The maximum atomic E-state index is 12.5. The summed E-state index contributed by atoms with van der Waals surface area (Å²) in [6.07, 6.45) is 2.33. The van der Waals surface area contributed by atoms with E-state index in [2.05, 4.69) is 20.7 Å². The topological polar surface area (TPSA) is 69.8 Å². The van der Waals surface area contributed by atoms with Crippen molar-refractivity contribution in [3.8, 4) is 11.8 Å². The van der Waals surface area contributed by atoms with Gasteiger partial charge in [0.05, 0.1) is 23.6 Å². The number of nitrogens with one attached hydrogen (secondary N) is 2. The molecule has 0 saturated heterocycles. The fraction of sp³-hybridized carbons (Fsp3) is 0.120. The highest BCUT2D eigenvalue weighted by Crippen LogP contribution is 2.26. The van der Waals surface area contributed by atoms with Gasteiger partial charge in [0.2, 0.25) is 5.91 Å². The first-order chi connectivity index (χ1) is 15.1. The van der Waals surface area contributed by atoms with Crippen molar-refractivity contribution >= 4 is 34.4 Å². The molecule has 0 fully saturated rings. The first-order valence-corrected chi connectivity index (χ1v) is 10.7. The van der Waals surface area contributed by atoms with Crippen molar-refractivity contribution in [2.45, 2.75) is 18.2 Å². The molecular weight excluding hydrogens is 404 g/mol. The lowest BCUT2D eigenvalue weighted by atomic mass is 10.1. The minimum Gasteiger partial charge on any atom is -0.326 e. The molecule has 0 aliphatic rings. The lowest BCUT2D eigenvalue weighted by molar-refractivity contribution is -0.115. The first-order valence-electron chi connectivity index (χ1n) is 9.92. The number of nitriles is 1. The van der Waals surface area contributed by atoms with E-state index in [4.69, 9.17) is 0 Å². The van der Waals surface area contributed by atoms with E-state index in [0.717, 1.165) is 38.3 Å². The number of benzene rings is 3. The van der Waals surface area contributed by atoms with Crippen LogP contribution in [-0.2, 0) is 11.2 Å². The Morgan fingerprint density at radius 3 is 2.58 bits per heavy atom. The third-order valence-corrected chi connectivity index (χ3v) is 5.78. The monoisotopic (exact) mass is 426 g/mol. The van der Waals surface area contributed by atoms with Crippen molar-refractivity contribution in [1.29, 1.82) is 5.26 Å². The van der Waals surface area contributed by atoms with Crippen molar-refractivity contribution < 1.29 is 4.79 Å². The maximum absolute atomic E-state index is 12.5. The molecular formula is C25H22N4OS. The summed E-state index contributed by atoms with van der Waals surface area (Å²) in [5.41, 5.74) is 5.40. The zero-order chi connectivity index (χ0) is 21.8. The Hall–Kier alpha value is -3.53. The molecule has 31 heavy (non-hydrogen) atoms. The third kappa shape index (κ3) is 4.64. The zero-order valence-electron chi connectivity index (χ0n) is 17.3. The van der Waals surface area contributed by atoms with Gasteiger partial charge in [-0.05, 0) is 85.6 Å². The van der Waals surface area contributed by atoms with Crippen LogP contribution < -0.4 is 10.0 Å². The molecule has 3 aromatic carbocycles. The van der Waals surface area contributed by atoms with Crippen LogP contribution in [0.2, 0.25) is 0 Å². The Bertz CT molecular complexity index is 1290. The largest absolute Gasteiger partial charge is 0.326 e. The molecule has 0 radical (unpaired) electrons. The van der Waals surface area contributed by atoms with Gasteiger partial charge in [-0.25, -0.2) is 0 Å². The lowest BCUT2D eigenvalue weighted by Crippen LogP contribution is -2.14. The van der Waals surface area contributed by atoms with Crippen LogP contribution in [0.1, 0.15) is 16.7 Å². The first kappa shape index (κ1) is 20.7. The van der Waals surface area contributed by atoms with Crippen LogP contribution in [0.3, 0.4) is 0 Å². The molecule has 4 rings (SSSR count). The van der Waals surface area contributed by atoms with E-state index in [9.17, 15) is 10.1 Å². The second-order valence-corrected chi connectivity index (χ2v) is 8.33. The predicted octanol–water partition coefficient (Wildman–Crippen LogP) is 5.22. The fourth-order valence-electron chi connectivity index (χ4n) is 3.60. The molecule has 0 spiro atoms. The smallest absolute Gasteiger partial charge is 0.228 e. The molecule has 4 aromatic rings. The summed E-state index contributed by atoms with van der Waals surface area (Å²) < 4.78 is 5.10. The Labute approximate surface area is 185 Å². The molecule has 1 aromatic heterocycles. The van der Waals surface area contributed by atoms with Crippen LogP contribution >= 0.6 is 11.9 Å². The average molecular weight is 427 g/mol. The van der Waals surface area contributed by atoms with Gasteiger partial charge in [-0.3, -0.25) is 9.52 Å². The summed E-state index contributed by atoms with van der Waals surface area (Å²) in [4.78, 5) is 13.6. The van der Waals surface area contributed by atoms with Gasteiger partial charge in [-0.1, -0.05) is 18.2 Å². The lowest BCUT2D eigenvalue weighted by Gasteiger charge is -2.12. The normalized spacial score (nSPS) is 10.7. The van der Waals surface area contributed by atoms with E-state index >= 15 is 0 Å². The Morgan fingerprint density at radius 1 is 1.06 bits per heavy atom. The molecule has 154 valence electrons. The molecule has 1 heterocycles. The van der Waals surface area contributed by atoms with Gasteiger partial charge in [0.25, 0.3) is 0 Å². The molecule has 1 amide bonds. The Balaban J connectivity index is 1.50. The number of fused-ring (bicyclic) bond motifs is 1. The molecule has 6 heteroatoms. The van der Waals surface area contributed by atoms with Crippen LogP contribution in [0.25, 0.3) is 16.6 Å². The number of rotatable bonds is 6. The molecule has 5 nitrogen and oxygen atoms in total. The van der Waals surface area contributed by atoms with E-state index in [1.807, 2.05) is 86.9 Å². The minimum atomic E-state index is -0.0498. The number of aromatic nitrogens is 1. The molecule has 0 saturated carbocycles. The van der Waals surface area contributed by atoms with E-state index in [0.29, 0.717) is 12.0 Å². The van der Waals surface area contributed by atoms with Crippen LogP contribution in [0.15, 0.2) is 77.8 Å². The quantitative estimate of drug-likeness (QED) is 0.415. The second-order valence-electron chi connectivity index (χ2n) is 7.25. The van der Waals surface area contributed by atoms with Crippen molar-refractivity contribution in [1.82, 2.24) is 9.29 Å². The van der Waals surface area contributed by atoms with Gasteiger partial charge in [0, 0.05) is 27.9 Å². The number of nitrogens with zero attached hydrogens (tertiary/aromatic N) is 2. The summed E-state index contributed by atoms with van der Waals surface area (Å²) in [5, 5.41) is 13.3. The van der Waals surface area contributed by atoms with E-state index in [1.54, 1.807) is 11.9 Å². The highest BCUT2D eigenvalue weighted by Gasteiger charge is 2.10. The van der Waals surface area contributed by atoms with Gasteiger partial charge in [0.15, 0.2) is 0 Å². The van der Waals surface area contributed by atoms with Crippen molar-refractivity contribution in [2.75, 3.05) is 12.4 Å². The SMILES string of the molecule is CNSc1ccc(CC(=O)Nc2ccc(-n3ccc4ccc(C#N)cc43)c(C)c2)cc1. The summed E-state index contributed by atoms with van der Waals surface area (Å²) in [5.74, 6) is -0.0498. The van der Waals surface area contributed by atoms with Gasteiger partial charge >= 0.3 is 0 Å². The average Bonchev–Trinajstić information content (AvgIpc) is 3.18. The van der Waals surface area contributed by atoms with Crippen LogP contribution in [0.5, 0.6) is 0 Å². The van der Waals surface area contributed by atoms with Gasteiger partial charge < -0.3 is 9.88 Å². The molecule has 0 aliphatic heterocycles. The van der Waals surface area contributed by atoms with Gasteiger partial charge in [-0.15, -0.1) is 0 Å². The van der Waals surface area contributed by atoms with Crippen LogP contribution in [-0.4, -0.2) is 17.5 Å². The van der Waals surface area contributed by atoms with E-state index in [-0.39, 0.29) is 5.91 Å². The highest BCUT2D eigenvalue weighted by atomic mass is 32.2. The maximum Gasteiger partial charge on any atom is 0.228 e. The van der Waals surface area contributed by atoms with Gasteiger partial charge in [0.1, 0.15) is 0 Å². The van der Waals surface area contributed by atoms with Gasteiger partial charge in [-0.2, -0.15) is 5.26 Å². The molecule has 0 aliphatic carbocycles. The fourth-order valence-corrected chi connectivity index (χ4v) is 4.10. The Kier molecular flexibility index (Phi) is 6.08. The Morgan fingerprint density at radius 2 is 1.87 bits per heavy atom. The highest BCUT2D eigenvalue weighted by molar-refractivity contribution is 7.97. The van der Waals surface area contributed by atoms with Crippen LogP contribution in [0.4, 0.5) is 5.69 Å². The number of anilines is 1. The summed E-state index contributed by atoms with van der Waals surface area (Å²) in [6, 6.07) is 23.7. The third-order valence-electron chi connectivity index (χ3n) is 5.07. The molecule has 0 atom stereocenters. The van der Waals surface area contributed by atoms with Crippen molar-refractivity contribution in [3.05, 3.63) is 89.6 Å². The number of carbonyl (C=O) groups is 1. The minimum absolute atomic E-state index is 0.0498. The standard InChI is InChI=1S/C25H22N4OS/c1-17-13-21(28-25(30)15-18-4-8-22(9-5-18)31-27-2)7-10-23(17)29-12-11-20-6-3-19(16-26)14-24(20)29/h3-14,27H,15H2,1-2H3,(H,28,30). The van der Waals surface area contributed by atoms with E-state index < -0.39 is 0 Å². The number of hydrogen-bond donors (Lipinski definition) is 2. The molecule has 0 unspecified atom stereocenters. The summed E-state index contributed by atoms with van der Waals surface area (Å²) in [7, 11) is 1.88. The number of hydrogen-bond acceptors (Lipinski definition) is 4. The summed E-state index contributed by atoms with van der Waals surface area (Å²) in [6.45, 7) is 2.02. The summed E-state index contributed by atoms with van der Waals surface area (Å²) >= 11 is 1.54. The van der Waals surface area contributed by atoms with E-state index in [1.165, 1.54) is 0 Å². The molecule has 2 N–H and O–H groups in total. The number of aryl methyl sites for hydroxylation is 1. The predicted molar refractivity (Wildman–Crippen MR) is 126 cm³/mol. The van der Waals surface area contributed by atoms with Crippen molar-refractivity contribution in [3.63, 3.8) is 0 Å². The van der Waals surface area contributed by atoms with Crippen molar-refractivity contribution in [2.24, 2.45) is 0 Å². The molecule has 0 bridgehead atoms. The zero-order valence-corrected chi connectivity index (χ0v) is 18.2. The number of amides is 1. The second kappa shape index (κ2) is 9.09.